The van der Waals surface area contributed by atoms with Crippen molar-refractivity contribution < 1.29 is 8.78 Å². The third kappa shape index (κ3) is 4.18. The van der Waals surface area contributed by atoms with Gasteiger partial charge in [0.05, 0.1) is 0 Å². The van der Waals surface area contributed by atoms with Gasteiger partial charge in [0.1, 0.15) is 5.84 Å². The molecule has 0 radical (unpaired) electrons. The Morgan fingerprint density at radius 3 is 2.53 bits per heavy atom. The molecule has 1 aliphatic carbocycles. The standard InChI is InChI=1S/C23H29F2N5/c1-30(2)22-18-5-3-4-6-21(18)28-23(26,29-22)16-8-10-17(11-9-16)27-14-15-7-12-19(24)20(25)13-15/h3-7,12-13,16-17,27-28H,8-11,14,26H2,1-2H3. The Labute approximate surface area is 176 Å². The van der Waals surface area contributed by atoms with Gasteiger partial charge < -0.3 is 15.5 Å². The second-order valence-electron chi connectivity index (χ2n) is 8.50. The molecule has 1 atom stereocenters. The highest BCUT2D eigenvalue weighted by Gasteiger charge is 2.40. The number of hydrogen-bond acceptors (Lipinski definition) is 5. The van der Waals surface area contributed by atoms with Crippen LogP contribution in [0.25, 0.3) is 0 Å². The summed E-state index contributed by atoms with van der Waals surface area (Å²) in [6, 6.07) is 12.5. The fourth-order valence-electron chi connectivity index (χ4n) is 4.45. The van der Waals surface area contributed by atoms with E-state index in [1.54, 1.807) is 6.07 Å². The Balaban J connectivity index is 1.40. The summed E-state index contributed by atoms with van der Waals surface area (Å²) < 4.78 is 26.5. The van der Waals surface area contributed by atoms with Crippen LogP contribution in [0, 0.1) is 17.6 Å². The lowest BCUT2D eigenvalue weighted by molar-refractivity contribution is 0.206. The molecule has 4 N–H and O–H groups in total. The average Bonchev–Trinajstić information content (AvgIpc) is 2.74. The summed E-state index contributed by atoms with van der Waals surface area (Å²) in [7, 11) is 3.97. The third-order valence-electron chi connectivity index (χ3n) is 6.15. The van der Waals surface area contributed by atoms with E-state index in [1.807, 2.05) is 37.2 Å². The summed E-state index contributed by atoms with van der Waals surface area (Å²) in [5, 5.41) is 6.95. The molecule has 2 aromatic rings. The maximum Gasteiger partial charge on any atom is 0.187 e. The molecule has 5 nitrogen and oxygen atoms in total. The number of amidine groups is 1. The van der Waals surface area contributed by atoms with Gasteiger partial charge in [0.15, 0.2) is 17.4 Å². The Bertz CT molecular complexity index is 937. The molecule has 2 aliphatic rings. The molecule has 1 saturated carbocycles. The summed E-state index contributed by atoms with van der Waals surface area (Å²) in [6.45, 7) is 0.523. The number of rotatable bonds is 4. The molecule has 4 rings (SSSR count). The van der Waals surface area contributed by atoms with Crippen molar-refractivity contribution in [1.82, 2.24) is 10.2 Å². The van der Waals surface area contributed by atoms with Gasteiger partial charge in [-0.2, -0.15) is 0 Å². The Kier molecular flexibility index (Phi) is 5.75. The zero-order chi connectivity index (χ0) is 21.3. The largest absolute Gasteiger partial charge is 0.362 e. The quantitative estimate of drug-likeness (QED) is 0.716. The van der Waals surface area contributed by atoms with Gasteiger partial charge in [-0.25, -0.2) is 13.8 Å². The number of nitrogens with zero attached hydrogens (tertiary/aromatic N) is 2. The molecule has 0 spiro atoms. The first-order valence-corrected chi connectivity index (χ1v) is 10.5. The van der Waals surface area contributed by atoms with Crippen LogP contribution >= 0.6 is 0 Å². The van der Waals surface area contributed by atoms with Crippen LogP contribution < -0.4 is 16.4 Å². The van der Waals surface area contributed by atoms with Gasteiger partial charge in [0.25, 0.3) is 0 Å². The third-order valence-corrected chi connectivity index (χ3v) is 6.15. The van der Waals surface area contributed by atoms with E-state index in [9.17, 15) is 8.78 Å². The summed E-state index contributed by atoms with van der Waals surface area (Å²) in [6.07, 6.45) is 3.80. The van der Waals surface area contributed by atoms with Gasteiger partial charge in [-0.3, -0.25) is 5.73 Å². The number of hydrogen-bond donors (Lipinski definition) is 3. The predicted molar refractivity (Wildman–Crippen MR) is 116 cm³/mol. The normalized spacial score (nSPS) is 25.8. The van der Waals surface area contributed by atoms with Gasteiger partial charge in [0, 0.05) is 43.9 Å². The summed E-state index contributed by atoms with van der Waals surface area (Å²) >= 11 is 0. The van der Waals surface area contributed by atoms with E-state index in [1.165, 1.54) is 12.1 Å². The number of para-hydroxylation sites is 1. The van der Waals surface area contributed by atoms with Crippen LogP contribution in [0.2, 0.25) is 0 Å². The lowest BCUT2D eigenvalue weighted by atomic mass is 9.81. The van der Waals surface area contributed by atoms with E-state index in [2.05, 4.69) is 16.7 Å². The SMILES string of the molecule is CN(C)C1=NC(N)(C2CCC(NCc3ccc(F)c(F)c3)CC2)Nc2ccccc21. The summed E-state index contributed by atoms with van der Waals surface area (Å²) in [5.41, 5.74) is 9.61. The number of nitrogens with one attached hydrogen (secondary N) is 2. The number of aliphatic imine (C=N–C) groups is 1. The van der Waals surface area contributed by atoms with Crippen molar-refractivity contribution in [2.45, 2.75) is 44.1 Å². The monoisotopic (exact) mass is 413 g/mol. The lowest BCUT2D eigenvalue weighted by Gasteiger charge is -2.43. The second kappa shape index (κ2) is 8.32. The Hall–Kier alpha value is -2.51. The van der Waals surface area contributed by atoms with E-state index in [-0.39, 0.29) is 5.92 Å². The van der Waals surface area contributed by atoms with Crippen LogP contribution in [0.5, 0.6) is 0 Å². The molecule has 0 bridgehead atoms. The van der Waals surface area contributed by atoms with E-state index in [4.69, 9.17) is 10.7 Å². The van der Waals surface area contributed by atoms with Gasteiger partial charge in [0.2, 0.25) is 0 Å². The van der Waals surface area contributed by atoms with E-state index >= 15 is 0 Å². The van der Waals surface area contributed by atoms with Crippen molar-refractivity contribution in [2.24, 2.45) is 16.6 Å². The second-order valence-corrected chi connectivity index (χ2v) is 8.50. The maximum absolute atomic E-state index is 13.4. The van der Waals surface area contributed by atoms with Gasteiger partial charge in [-0.1, -0.05) is 18.2 Å². The minimum absolute atomic E-state index is 0.210. The van der Waals surface area contributed by atoms with Gasteiger partial charge in [-0.15, -0.1) is 0 Å². The number of anilines is 1. The molecule has 30 heavy (non-hydrogen) atoms. The molecule has 0 aromatic heterocycles. The fourth-order valence-corrected chi connectivity index (χ4v) is 4.45. The van der Waals surface area contributed by atoms with Crippen LogP contribution in [0.3, 0.4) is 0 Å². The average molecular weight is 414 g/mol. The topological polar surface area (TPSA) is 65.7 Å². The van der Waals surface area contributed by atoms with E-state index in [0.717, 1.165) is 48.3 Å². The molecule has 1 fully saturated rings. The summed E-state index contributed by atoms with van der Waals surface area (Å²) in [5.74, 6) is -1.35. The van der Waals surface area contributed by atoms with Gasteiger partial charge in [-0.05, 0) is 55.5 Å². The predicted octanol–water partition coefficient (Wildman–Crippen LogP) is 3.66. The van der Waals surface area contributed by atoms with Crippen LogP contribution in [0.1, 0.15) is 36.8 Å². The lowest BCUT2D eigenvalue weighted by Crippen LogP contribution is -2.57. The molecule has 0 saturated heterocycles. The highest BCUT2D eigenvalue weighted by atomic mass is 19.2. The molecule has 1 unspecified atom stereocenters. The first-order valence-electron chi connectivity index (χ1n) is 10.5. The van der Waals surface area contributed by atoms with E-state index in [0.29, 0.717) is 12.6 Å². The van der Waals surface area contributed by atoms with Crippen LogP contribution in [-0.2, 0) is 6.54 Å². The minimum atomic E-state index is -0.834. The van der Waals surface area contributed by atoms with Crippen molar-refractivity contribution in [2.75, 3.05) is 19.4 Å². The molecule has 1 heterocycles. The molecular formula is C23H29F2N5. The zero-order valence-electron chi connectivity index (χ0n) is 17.5. The zero-order valence-corrected chi connectivity index (χ0v) is 17.5. The fraction of sp³-hybridized carbons (Fsp3) is 0.435. The number of halogens is 2. The van der Waals surface area contributed by atoms with Crippen molar-refractivity contribution in [3.8, 4) is 0 Å². The molecule has 2 aromatic carbocycles. The maximum atomic E-state index is 13.4. The summed E-state index contributed by atoms with van der Waals surface area (Å²) in [4.78, 5) is 6.94. The van der Waals surface area contributed by atoms with Crippen molar-refractivity contribution in [3.05, 3.63) is 65.2 Å². The minimum Gasteiger partial charge on any atom is -0.362 e. The molecule has 7 heteroatoms. The highest BCUT2D eigenvalue weighted by molar-refractivity contribution is 6.05. The highest BCUT2D eigenvalue weighted by Crippen LogP contribution is 2.37. The van der Waals surface area contributed by atoms with Crippen molar-refractivity contribution in [1.29, 1.82) is 0 Å². The van der Waals surface area contributed by atoms with Crippen molar-refractivity contribution >= 4 is 11.5 Å². The number of fused-ring (bicyclic) bond motifs is 1. The van der Waals surface area contributed by atoms with Crippen molar-refractivity contribution in [3.63, 3.8) is 0 Å². The number of nitrogens with two attached hydrogens (primary N) is 1. The molecule has 1 aliphatic heterocycles. The molecule has 0 amide bonds. The number of benzene rings is 2. The Morgan fingerprint density at radius 2 is 1.83 bits per heavy atom. The van der Waals surface area contributed by atoms with Gasteiger partial charge >= 0.3 is 0 Å². The van der Waals surface area contributed by atoms with Crippen LogP contribution in [-0.4, -0.2) is 36.7 Å². The smallest absolute Gasteiger partial charge is 0.187 e. The molecular weight excluding hydrogens is 384 g/mol. The first-order chi connectivity index (χ1) is 14.4. The van der Waals surface area contributed by atoms with Crippen LogP contribution in [0.4, 0.5) is 14.5 Å². The molecule has 160 valence electrons. The van der Waals surface area contributed by atoms with Crippen LogP contribution in [0.15, 0.2) is 47.5 Å². The first kappa shape index (κ1) is 20.8. The Morgan fingerprint density at radius 1 is 1.10 bits per heavy atom. The van der Waals surface area contributed by atoms with E-state index < -0.39 is 17.4 Å².